The topological polar surface area (TPSA) is 57.2 Å². The van der Waals surface area contributed by atoms with Gasteiger partial charge in [-0.3, -0.25) is 0 Å². The number of hydrogen-bond donors (Lipinski definition) is 1. The van der Waals surface area contributed by atoms with Gasteiger partial charge in [0.05, 0.1) is 14.2 Å². The summed E-state index contributed by atoms with van der Waals surface area (Å²) in [5.41, 5.74) is 0.176. The molecule has 21 heavy (non-hydrogen) atoms. The van der Waals surface area contributed by atoms with E-state index in [1.165, 1.54) is 0 Å². The summed E-state index contributed by atoms with van der Waals surface area (Å²) in [4.78, 5) is 0. The van der Waals surface area contributed by atoms with Crippen molar-refractivity contribution in [2.24, 2.45) is 0 Å². The van der Waals surface area contributed by atoms with E-state index in [-0.39, 0.29) is 0 Å². The highest BCUT2D eigenvalue weighted by Crippen LogP contribution is 2.40. The molecule has 118 valence electrons. The Morgan fingerprint density at radius 3 is 2.43 bits per heavy atom. The molecule has 1 aromatic rings. The highest BCUT2D eigenvalue weighted by atomic mass is 16.5. The molecule has 0 saturated carbocycles. The van der Waals surface area contributed by atoms with E-state index >= 15 is 0 Å². The van der Waals surface area contributed by atoms with Gasteiger partial charge in [0.25, 0.3) is 0 Å². The van der Waals surface area contributed by atoms with Gasteiger partial charge >= 0.3 is 0 Å². The van der Waals surface area contributed by atoms with Crippen molar-refractivity contribution in [1.29, 1.82) is 0 Å². The fourth-order valence-electron chi connectivity index (χ4n) is 2.83. The van der Waals surface area contributed by atoms with Gasteiger partial charge in [0, 0.05) is 32.7 Å². The minimum atomic E-state index is -0.721. The minimum absolute atomic E-state index is 0.560. The van der Waals surface area contributed by atoms with Crippen molar-refractivity contribution in [2.75, 3.05) is 34.0 Å². The number of aliphatic hydroxyl groups excluding tert-OH is 1. The Balaban J connectivity index is 2.29. The molecule has 1 aliphatic rings. The maximum Gasteiger partial charge on any atom is 0.161 e. The predicted octanol–water partition coefficient (Wildman–Crippen LogP) is 2.32. The molecule has 5 nitrogen and oxygen atoms in total. The van der Waals surface area contributed by atoms with Crippen molar-refractivity contribution in [1.82, 2.24) is 0 Å². The number of ether oxygens (including phenoxy) is 4. The average molecular weight is 296 g/mol. The normalized spacial score (nSPS) is 19.0. The van der Waals surface area contributed by atoms with Crippen molar-refractivity contribution in [3.8, 4) is 11.5 Å². The van der Waals surface area contributed by atoms with Crippen LogP contribution in [0.5, 0.6) is 11.5 Å². The first-order chi connectivity index (χ1) is 10.2. The Hall–Kier alpha value is -1.30. The molecular weight excluding hydrogens is 272 g/mol. The maximum atomic E-state index is 10.8. The molecule has 1 saturated heterocycles. The van der Waals surface area contributed by atoms with Crippen LogP contribution in [0, 0.1) is 0 Å². The number of methoxy groups -OCH3 is 2. The summed E-state index contributed by atoms with van der Waals surface area (Å²) >= 11 is 0. The van der Waals surface area contributed by atoms with Crippen molar-refractivity contribution in [3.63, 3.8) is 0 Å². The van der Waals surface area contributed by atoms with E-state index in [0.717, 1.165) is 5.56 Å². The van der Waals surface area contributed by atoms with E-state index in [1.54, 1.807) is 26.4 Å². The quantitative estimate of drug-likeness (QED) is 0.873. The van der Waals surface area contributed by atoms with Gasteiger partial charge in [0.1, 0.15) is 11.7 Å². The standard InChI is InChI=1S/C16H24O5/c1-4-21-16(7-9-20-10-8-16)15(17)12-5-6-13(18-2)14(11-12)19-3/h5-6,11,15,17H,4,7-10H2,1-3H3. The van der Waals surface area contributed by atoms with Gasteiger partial charge in [-0.05, 0) is 24.6 Å². The molecule has 1 unspecified atom stereocenters. The first-order valence-corrected chi connectivity index (χ1v) is 7.28. The predicted molar refractivity (Wildman–Crippen MR) is 78.9 cm³/mol. The Kier molecular flexibility index (Phi) is 5.45. The smallest absolute Gasteiger partial charge is 0.161 e. The summed E-state index contributed by atoms with van der Waals surface area (Å²) in [7, 11) is 3.18. The van der Waals surface area contributed by atoms with Crippen molar-refractivity contribution in [2.45, 2.75) is 31.5 Å². The van der Waals surface area contributed by atoms with Crippen LogP contribution < -0.4 is 9.47 Å². The van der Waals surface area contributed by atoms with Crippen LogP contribution in [0.25, 0.3) is 0 Å². The third-order valence-corrected chi connectivity index (χ3v) is 3.99. The van der Waals surface area contributed by atoms with Crippen LogP contribution >= 0.6 is 0 Å². The molecule has 1 fully saturated rings. The Labute approximate surface area is 125 Å². The van der Waals surface area contributed by atoms with E-state index in [1.807, 2.05) is 13.0 Å². The van der Waals surface area contributed by atoms with E-state index < -0.39 is 11.7 Å². The highest BCUT2D eigenvalue weighted by molar-refractivity contribution is 5.44. The van der Waals surface area contributed by atoms with E-state index in [0.29, 0.717) is 44.2 Å². The summed E-state index contributed by atoms with van der Waals surface area (Å²) in [6.07, 6.45) is 0.633. The molecule has 1 N–H and O–H groups in total. The maximum absolute atomic E-state index is 10.8. The van der Waals surface area contributed by atoms with Crippen molar-refractivity contribution < 1.29 is 24.1 Å². The number of benzene rings is 1. The molecule has 1 atom stereocenters. The molecule has 0 aliphatic carbocycles. The zero-order valence-corrected chi connectivity index (χ0v) is 12.9. The zero-order chi connectivity index (χ0) is 15.3. The minimum Gasteiger partial charge on any atom is -0.493 e. The fraction of sp³-hybridized carbons (Fsp3) is 0.625. The molecule has 0 aromatic heterocycles. The summed E-state index contributed by atoms with van der Waals surface area (Å²) in [5, 5.41) is 10.8. The molecule has 1 heterocycles. The molecular formula is C16H24O5. The van der Waals surface area contributed by atoms with Gasteiger partial charge in [-0.15, -0.1) is 0 Å². The average Bonchev–Trinajstić information content (AvgIpc) is 2.54. The second-order valence-corrected chi connectivity index (χ2v) is 5.13. The molecule has 1 aromatic carbocycles. The second kappa shape index (κ2) is 7.11. The lowest BCUT2D eigenvalue weighted by Gasteiger charge is -2.40. The van der Waals surface area contributed by atoms with Crippen molar-refractivity contribution >= 4 is 0 Å². The van der Waals surface area contributed by atoms with Crippen LogP contribution in [0.4, 0.5) is 0 Å². The first-order valence-electron chi connectivity index (χ1n) is 7.28. The third kappa shape index (κ3) is 3.31. The SMILES string of the molecule is CCOC1(C(O)c2ccc(OC)c(OC)c2)CCOCC1. The molecule has 0 amide bonds. The van der Waals surface area contributed by atoms with Crippen molar-refractivity contribution in [3.05, 3.63) is 23.8 Å². The lowest BCUT2D eigenvalue weighted by molar-refractivity contribution is -0.168. The van der Waals surface area contributed by atoms with Crippen LogP contribution in [0.2, 0.25) is 0 Å². The van der Waals surface area contributed by atoms with E-state index in [2.05, 4.69) is 0 Å². The Bertz CT molecular complexity index is 448. The largest absolute Gasteiger partial charge is 0.493 e. The van der Waals surface area contributed by atoms with Crippen LogP contribution in [0.1, 0.15) is 31.4 Å². The second-order valence-electron chi connectivity index (χ2n) is 5.13. The van der Waals surface area contributed by atoms with Gasteiger partial charge < -0.3 is 24.1 Å². The zero-order valence-electron chi connectivity index (χ0n) is 12.9. The summed E-state index contributed by atoms with van der Waals surface area (Å²) in [6.45, 7) is 3.71. The summed E-state index contributed by atoms with van der Waals surface area (Å²) in [5.74, 6) is 1.25. The number of hydrogen-bond acceptors (Lipinski definition) is 5. The van der Waals surface area contributed by atoms with Gasteiger partial charge in [-0.25, -0.2) is 0 Å². The first kappa shape index (κ1) is 16.1. The van der Waals surface area contributed by atoms with Crippen LogP contribution in [0.15, 0.2) is 18.2 Å². The lowest BCUT2D eigenvalue weighted by atomic mass is 9.84. The fourth-order valence-corrected chi connectivity index (χ4v) is 2.83. The molecule has 0 bridgehead atoms. The summed E-state index contributed by atoms with van der Waals surface area (Å²) < 4.78 is 21.9. The summed E-state index contributed by atoms with van der Waals surface area (Å²) in [6, 6.07) is 5.46. The number of rotatable bonds is 6. The van der Waals surface area contributed by atoms with Crippen LogP contribution in [-0.4, -0.2) is 44.7 Å². The molecule has 0 spiro atoms. The van der Waals surface area contributed by atoms with Crippen LogP contribution in [-0.2, 0) is 9.47 Å². The Morgan fingerprint density at radius 1 is 1.19 bits per heavy atom. The molecule has 1 aliphatic heterocycles. The van der Waals surface area contributed by atoms with E-state index in [9.17, 15) is 5.11 Å². The molecule has 0 radical (unpaired) electrons. The highest BCUT2D eigenvalue weighted by Gasteiger charge is 2.41. The molecule has 5 heteroatoms. The van der Waals surface area contributed by atoms with Gasteiger partial charge in [-0.1, -0.05) is 6.07 Å². The van der Waals surface area contributed by atoms with Gasteiger partial charge in [0.15, 0.2) is 11.5 Å². The van der Waals surface area contributed by atoms with Gasteiger partial charge in [0.2, 0.25) is 0 Å². The van der Waals surface area contributed by atoms with Crippen LogP contribution in [0.3, 0.4) is 0 Å². The third-order valence-electron chi connectivity index (χ3n) is 3.99. The van der Waals surface area contributed by atoms with Gasteiger partial charge in [-0.2, -0.15) is 0 Å². The Morgan fingerprint density at radius 2 is 1.86 bits per heavy atom. The monoisotopic (exact) mass is 296 g/mol. The van der Waals surface area contributed by atoms with E-state index in [4.69, 9.17) is 18.9 Å². The lowest BCUT2D eigenvalue weighted by Crippen LogP contribution is -2.44. The number of aliphatic hydroxyl groups is 1. The molecule has 2 rings (SSSR count).